The highest BCUT2D eigenvalue weighted by molar-refractivity contribution is 6.32. The Kier molecular flexibility index (Phi) is 6.17. The monoisotopic (exact) mass is 384 g/mol. The van der Waals surface area contributed by atoms with Crippen molar-refractivity contribution in [2.24, 2.45) is 0 Å². The summed E-state index contributed by atoms with van der Waals surface area (Å²) in [7, 11) is 1.68. The lowest BCUT2D eigenvalue weighted by molar-refractivity contribution is -0.117. The number of carbonyl (C=O) groups excluding carboxylic acids is 1. The molecular weight excluding hydrogens is 364 g/mol. The molecule has 0 atom stereocenters. The molecule has 1 saturated heterocycles. The van der Waals surface area contributed by atoms with Gasteiger partial charge in [-0.2, -0.15) is 5.26 Å². The number of hydrogen-bond acceptors (Lipinski definition) is 5. The number of nitrogens with one attached hydrogen (secondary N) is 1. The van der Waals surface area contributed by atoms with Gasteiger partial charge in [0, 0.05) is 31.9 Å². The second-order valence-electron chi connectivity index (χ2n) is 6.29. The summed E-state index contributed by atoms with van der Waals surface area (Å²) in [6, 6.07) is 14.8. The molecule has 2 aromatic carbocycles. The van der Waals surface area contributed by atoms with Gasteiger partial charge in [-0.05, 0) is 30.3 Å². The molecule has 1 heterocycles. The predicted molar refractivity (Wildman–Crippen MR) is 106 cm³/mol. The van der Waals surface area contributed by atoms with Gasteiger partial charge in [0.2, 0.25) is 5.91 Å². The van der Waals surface area contributed by atoms with Gasteiger partial charge >= 0.3 is 0 Å². The molecule has 0 bridgehead atoms. The Hall–Kier alpha value is -2.75. The molecule has 0 unspecified atom stereocenters. The van der Waals surface area contributed by atoms with Gasteiger partial charge in [0.05, 0.1) is 29.9 Å². The lowest BCUT2D eigenvalue weighted by atomic mass is 10.2. The van der Waals surface area contributed by atoms with Crippen molar-refractivity contribution in [2.45, 2.75) is 0 Å². The largest absolute Gasteiger partial charge is 0.495 e. The van der Waals surface area contributed by atoms with E-state index in [1.807, 2.05) is 24.3 Å². The summed E-state index contributed by atoms with van der Waals surface area (Å²) in [6.45, 7) is 3.56. The highest BCUT2D eigenvalue weighted by Gasteiger charge is 2.21. The third-order valence-electron chi connectivity index (χ3n) is 4.54. The van der Waals surface area contributed by atoms with Crippen LogP contribution in [0.5, 0.6) is 5.75 Å². The third kappa shape index (κ3) is 4.70. The van der Waals surface area contributed by atoms with Gasteiger partial charge in [0.25, 0.3) is 0 Å². The predicted octanol–water partition coefficient (Wildman–Crippen LogP) is 2.98. The van der Waals surface area contributed by atoms with E-state index >= 15 is 0 Å². The number of anilines is 2. The Balaban J connectivity index is 1.52. The Morgan fingerprint density at radius 1 is 1.22 bits per heavy atom. The summed E-state index contributed by atoms with van der Waals surface area (Å²) in [5, 5.41) is 12.1. The van der Waals surface area contributed by atoms with Crippen LogP contribution in [0.25, 0.3) is 0 Å². The molecule has 1 aliphatic rings. The van der Waals surface area contributed by atoms with Crippen LogP contribution in [-0.4, -0.2) is 50.6 Å². The van der Waals surface area contributed by atoms with E-state index in [-0.39, 0.29) is 5.91 Å². The molecule has 1 aliphatic heterocycles. The van der Waals surface area contributed by atoms with E-state index in [0.717, 1.165) is 37.6 Å². The van der Waals surface area contributed by atoms with Crippen molar-refractivity contribution < 1.29 is 9.53 Å². The summed E-state index contributed by atoms with van der Waals surface area (Å²) in [5.41, 5.74) is 2.06. The van der Waals surface area contributed by atoms with Gasteiger partial charge in [-0.25, -0.2) is 0 Å². The molecule has 0 spiro atoms. The molecule has 1 amide bonds. The molecule has 3 rings (SSSR count). The molecule has 0 aliphatic carbocycles. The number of rotatable bonds is 5. The second-order valence-corrected chi connectivity index (χ2v) is 6.70. The number of hydrogen-bond donors (Lipinski definition) is 1. The quantitative estimate of drug-likeness (QED) is 0.858. The third-order valence-corrected chi connectivity index (χ3v) is 4.85. The number of para-hydroxylation sites is 2. The van der Waals surface area contributed by atoms with Crippen molar-refractivity contribution >= 4 is 28.9 Å². The van der Waals surface area contributed by atoms with Gasteiger partial charge in [-0.1, -0.05) is 23.7 Å². The number of halogens is 1. The maximum Gasteiger partial charge on any atom is 0.238 e. The molecule has 0 radical (unpaired) electrons. The van der Waals surface area contributed by atoms with E-state index in [4.69, 9.17) is 21.6 Å². The minimum atomic E-state index is -0.0958. The molecular formula is C20H21ClN4O2. The first kappa shape index (κ1) is 19.0. The average Bonchev–Trinajstić information content (AvgIpc) is 2.68. The minimum absolute atomic E-state index is 0.0958. The van der Waals surface area contributed by atoms with Crippen LogP contribution in [0.4, 0.5) is 11.4 Å². The number of benzene rings is 2. The molecule has 0 aromatic heterocycles. The maximum atomic E-state index is 12.3. The number of methoxy groups -OCH3 is 1. The molecule has 6 nitrogen and oxygen atoms in total. The summed E-state index contributed by atoms with van der Waals surface area (Å²) < 4.78 is 5.43. The van der Waals surface area contributed by atoms with E-state index in [9.17, 15) is 4.79 Å². The zero-order valence-electron chi connectivity index (χ0n) is 15.1. The zero-order valence-corrected chi connectivity index (χ0v) is 15.9. The van der Waals surface area contributed by atoms with E-state index in [1.54, 1.807) is 25.3 Å². The number of nitriles is 1. The topological polar surface area (TPSA) is 68.6 Å². The zero-order chi connectivity index (χ0) is 19.2. The SMILES string of the molecule is COc1ccccc1N1CCN(CC(=O)Nc2ccc(C#N)c(Cl)c2)CC1. The Bertz CT molecular complexity index is 857. The van der Waals surface area contributed by atoms with Crippen molar-refractivity contribution in [1.29, 1.82) is 5.26 Å². The van der Waals surface area contributed by atoms with Crippen LogP contribution in [0, 0.1) is 11.3 Å². The van der Waals surface area contributed by atoms with Crippen LogP contribution in [0.2, 0.25) is 5.02 Å². The first-order valence-corrected chi connectivity index (χ1v) is 9.08. The lowest BCUT2D eigenvalue weighted by Gasteiger charge is -2.36. The number of nitrogens with zero attached hydrogens (tertiary/aromatic N) is 3. The van der Waals surface area contributed by atoms with Crippen LogP contribution >= 0.6 is 11.6 Å². The number of piperazine rings is 1. The van der Waals surface area contributed by atoms with E-state index in [0.29, 0.717) is 22.8 Å². The molecule has 1 fully saturated rings. The molecule has 7 heteroatoms. The molecule has 0 saturated carbocycles. The first-order valence-electron chi connectivity index (χ1n) is 8.70. The standard InChI is InChI=1S/C20H21ClN4O2/c1-27-19-5-3-2-4-18(19)25-10-8-24(9-11-25)14-20(26)23-16-7-6-15(13-22)17(21)12-16/h2-7,12H,8-11,14H2,1H3,(H,23,26). The van der Waals surface area contributed by atoms with Crippen molar-refractivity contribution in [3.63, 3.8) is 0 Å². The highest BCUT2D eigenvalue weighted by Crippen LogP contribution is 2.28. The number of amides is 1. The molecule has 1 N–H and O–H groups in total. The van der Waals surface area contributed by atoms with E-state index in [1.165, 1.54) is 0 Å². The summed E-state index contributed by atoms with van der Waals surface area (Å²) in [6.07, 6.45) is 0. The smallest absolute Gasteiger partial charge is 0.238 e. The van der Waals surface area contributed by atoms with Crippen molar-refractivity contribution in [1.82, 2.24) is 4.90 Å². The normalized spacial score (nSPS) is 14.5. The van der Waals surface area contributed by atoms with E-state index in [2.05, 4.69) is 21.2 Å². The molecule has 140 valence electrons. The molecule has 2 aromatic rings. The van der Waals surface area contributed by atoms with Crippen LogP contribution in [0.1, 0.15) is 5.56 Å². The Morgan fingerprint density at radius 3 is 2.63 bits per heavy atom. The van der Waals surface area contributed by atoms with Gasteiger partial charge in [-0.3, -0.25) is 9.69 Å². The fraction of sp³-hybridized carbons (Fsp3) is 0.300. The van der Waals surface area contributed by atoms with Gasteiger partial charge < -0.3 is 15.0 Å². The highest BCUT2D eigenvalue weighted by atomic mass is 35.5. The summed E-state index contributed by atoms with van der Waals surface area (Å²) in [5.74, 6) is 0.767. The van der Waals surface area contributed by atoms with Crippen molar-refractivity contribution in [3.8, 4) is 11.8 Å². The van der Waals surface area contributed by atoms with Crippen LogP contribution in [0.3, 0.4) is 0 Å². The van der Waals surface area contributed by atoms with Crippen LogP contribution in [0.15, 0.2) is 42.5 Å². The average molecular weight is 385 g/mol. The van der Waals surface area contributed by atoms with Gasteiger partial charge in [-0.15, -0.1) is 0 Å². The number of carbonyl (C=O) groups is 1. The minimum Gasteiger partial charge on any atom is -0.495 e. The second kappa shape index (κ2) is 8.76. The first-order chi connectivity index (χ1) is 13.1. The van der Waals surface area contributed by atoms with Crippen molar-refractivity contribution in [3.05, 3.63) is 53.1 Å². The number of ether oxygens (including phenoxy) is 1. The van der Waals surface area contributed by atoms with E-state index < -0.39 is 0 Å². The maximum absolute atomic E-state index is 12.3. The van der Waals surface area contributed by atoms with Gasteiger partial charge in [0.15, 0.2) is 0 Å². The molecule has 27 heavy (non-hydrogen) atoms. The fourth-order valence-corrected chi connectivity index (χ4v) is 3.35. The Labute approximate surface area is 163 Å². The Morgan fingerprint density at radius 2 is 1.96 bits per heavy atom. The fourth-order valence-electron chi connectivity index (χ4n) is 3.13. The summed E-state index contributed by atoms with van der Waals surface area (Å²) in [4.78, 5) is 16.7. The summed E-state index contributed by atoms with van der Waals surface area (Å²) >= 11 is 6.00. The van der Waals surface area contributed by atoms with Crippen LogP contribution in [-0.2, 0) is 4.79 Å². The van der Waals surface area contributed by atoms with Crippen LogP contribution < -0.4 is 15.0 Å². The van der Waals surface area contributed by atoms with Gasteiger partial charge in [0.1, 0.15) is 11.8 Å². The lowest BCUT2D eigenvalue weighted by Crippen LogP contribution is -2.48. The van der Waals surface area contributed by atoms with Crippen molar-refractivity contribution in [2.75, 3.05) is 50.1 Å².